The van der Waals surface area contributed by atoms with Gasteiger partial charge in [-0.2, -0.15) is 4.31 Å². The molecule has 2 atom stereocenters. The van der Waals surface area contributed by atoms with Crippen LogP contribution in [0.25, 0.3) is 0 Å². The monoisotopic (exact) mass is 586 g/mol. The number of ether oxygens (including phenoxy) is 1. The highest BCUT2D eigenvalue weighted by atomic mass is 32.2. The lowest BCUT2D eigenvalue weighted by atomic mass is 10.0. The van der Waals surface area contributed by atoms with Gasteiger partial charge in [0.25, 0.3) is 0 Å². The van der Waals surface area contributed by atoms with E-state index in [4.69, 9.17) is 4.74 Å². The number of hydrogen-bond acceptors (Lipinski definition) is 9. The average Bonchev–Trinajstić information content (AvgIpc) is 3.48. The molecule has 0 spiro atoms. The Morgan fingerprint density at radius 1 is 1.12 bits per heavy atom. The van der Waals surface area contributed by atoms with E-state index in [1.54, 1.807) is 42.5 Å². The number of aliphatic carboxylic acids is 1. The first-order chi connectivity index (χ1) is 19.7. The molecule has 14 heteroatoms. The van der Waals surface area contributed by atoms with Crippen LogP contribution in [0, 0.1) is 0 Å². The minimum absolute atomic E-state index is 0.00799. The lowest BCUT2D eigenvalue weighted by Crippen LogP contribution is -2.52. The fraction of sp³-hybridized carbons (Fsp3) is 0.407. The molecule has 0 saturated carbocycles. The van der Waals surface area contributed by atoms with Gasteiger partial charge in [-0.1, -0.05) is 30.3 Å². The van der Waals surface area contributed by atoms with Crippen LogP contribution in [-0.2, 0) is 35.6 Å². The van der Waals surface area contributed by atoms with Crippen LogP contribution in [0.2, 0.25) is 0 Å². The average molecular weight is 587 g/mol. The second-order valence-corrected chi connectivity index (χ2v) is 11.5. The topological polar surface area (TPSA) is 179 Å². The van der Waals surface area contributed by atoms with Crippen molar-refractivity contribution in [3.8, 4) is 0 Å². The van der Waals surface area contributed by atoms with Gasteiger partial charge in [0.05, 0.1) is 11.5 Å². The first-order valence-corrected chi connectivity index (χ1v) is 14.8. The van der Waals surface area contributed by atoms with Crippen molar-refractivity contribution in [1.82, 2.24) is 20.3 Å². The number of rotatable bonds is 12. The first-order valence-electron chi connectivity index (χ1n) is 13.3. The van der Waals surface area contributed by atoms with E-state index in [-0.39, 0.29) is 30.6 Å². The van der Waals surface area contributed by atoms with Gasteiger partial charge in [0.2, 0.25) is 21.8 Å². The standard InChI is InChI=1S/C27H34N6O7S/c34-24(8-4-13-28-27-29-14-5-15-30-27)31-20-11-9-19(10-12-20)16-22(26(36)37)32-25(35)23-17-40-18-33(23)41(38,39)21-6-2-1-3-7-21/h1-3,6-7,9-12,22-23H,4-5,8,13-18H2,(H,31,34)(H,32,35)(H,36,37)(H2,28,29,30)/t22-,23-/m0/s1. The van der Waals surface area contributed by atoms with Crippen molar-refractivity contribution in [2.24, 2.45) is 4.99 Å². The van der Waals surface area contributed by atoms with Crippen molar-refractivity contribution >= 4 is 39.5 Å². The van der Waals surface area contributed by atoms with Gasteiger partial charge in [-0.15, -0.1) is 0 Å². The third-order valence-electron chi connectivity index (χ3n) is 6.56. The maximum Gasteiger partial charge on any atom is 0.326 e. The van der Waals surface area contributed by atoms with E-state index in [2.05, 4.69) is 26.3 Å². The number of nitrogens with one attached hydrogen (secondary N) is 4. The smallest absolute Gasteiger partial charge is 0.326 e. The van der Waals surface area contributed by atoms with E-state index < -0.39 is 34.0 Å². The summed E-state index contributed by atoms with van der Waals surface area (Å²) in [7, 11) is -4.02. The largest absolute Gasteiger partial charge is 0.480 e. The molecule has 2 amide bonds. The molecule has 41 heavy (non-hydrogen) atoms. The highest BCUT2D eigenvalue weighted by Gasteiger charge is 2.41. The van der Waals surface area contributed by atoms with E-state index in [1.807, 2.05) is 0 Å². The van der Waals surface area contributed by atoms with E-state index >= 15 is 0 Å². The zero-order chi connectivity index (χ0) is 29.2. The highest BCUT2D eigenvalue weighted by Crippen LogP contribution is 2.22. The predicted octanol–water partition coefficient (Wildman–Crippen LogP) is 0.503. The minimum Gasteiger partial charge on any atom is -0.480 e. The van der Waals surface area contributed by atoms with Crippen LogP contribution in [-0.4, -0.2) is 86.6 Å². The van der Waals surface area contributed by atoms with Crippen molar-refractivity contribution in [1.29, 1.82) is 0 Å². The normalized spacial score (nSPS) is 18.0. The van der Waals surface area contributed by atoms with Crippen molar-refractivity contribution in [3.63, 3.8) is 0 Å². The summed E-state index contributed by atoms with van der Waals surface area (Å²) in [4.78, 5) is 41.5. The Bertz CT molecular complexity index is 1350. The van der Waals surface area contributed by atoms with Gasteiger partial charge in [0, 0.05) is 38.2 Å². The number of carbonyl (C=O) groups excluding carboxylic acids is 2. The van der Waals surface area contributed by atoms with Crippen LogP contribution < -0.4 is 21.3 Å². The molecule has 0 aliphatic carbocycles. The quantitative estimate of drug-likeness (QED) is 0.222. The summed E-state index contributed by atoms with van der Waals surface area (Å²) in [5.74, 6) is -1.42. The highest BCUT2D eigenvalue weighted by molar-refractivity contribution is 7.89. The zero-order valence-corrected chi connectivity index (χ0v) is 23.2. The number of carboxylic acid groups (broad SMARTS) is 1. The van der Waals surface area contributed by atoms with Gasteiger partial charge < -0.3 is 31.1 Å². The molecule has 1 saturated heterocycles. The third-order valence-corrected chi connectivity index (χ3v) is 8.40. The van der Waals surface area contributed by atoms with Crippen LogP contribution in [0.4, 0.5) is 5.69 Å². The molecule has 5 N–H and O–H groups in total. The Hall–Kier alpha value is -4.01. The Morgan fingerprint density at radius 3 is 2.56 bits per heavy atom. The Kier molecular flexibility index (Phi) is 10.3. The minimum atomic E-state index is -4.02. The summed E-state index contributed by atoms with van der Waals surface area (Å²) in [5.41, 5.74) is 1.17. The lowest BCUT2D eigenvalue weighted by Gasteiger charge is -2.23. The summed E-state index contributed by atoms with van der Waals surface area (Å²) in [6.45, 7) is 1.78. The van der Waals surface area contributed by atoms with Crippen LogP contribution in [0.3, 0.4) is 0 Å². The molecule has 0 unspecified atom stereocenters. The summed E-state index contributed by atoms with van der Waals surface area (Å²) in [5, 5.41) is 21.3. The van der Waals surface area contributed by atoms with E-state index in [9.17, 15) is 27.9 Å². The SMILES string of the molecule is O=C(CCCNC1=NCCCN1)Nc1ccc(C[C@H](NC(=O)[C@@H]2COCN2S(=O)(=O)c2ccccc2)C(=O)O)cc1. The maximum absolute atomic E-state index is 13.0. The van der Waals surface area contributed by atoms with Crippen LogP contribution >= 0.6 is 0 Å². The molecular weight excluding hydrogens is 552 g/mol. The van der Waals surface area contributed by atoms with Crippen molar-refractivity contribution in [2.45, 2.75) is 42.7 Å². The number of nitrogens with zero attached hydrogens (tertiary/aromatic N) is 2. The van der Waals surface area contributed by atoms with Gasteiger partial charge >= 0.3 is 5.97 Å². The molecule has 2 aliphatic heterocycles. The molecule has 1 fully saturated rings. The number of anilines is 1. The number of amides is 2. The van der Waals surface area contributed by atoms with Gasteiger partial charge in [0.1, 0.15) is 18.8 Å². The van der Waals surface area contributed by atoms with E-state index in [0.717, 1.165) is 29.8 Å². The van der Waals surface area contributed by atoms with Crippen molar-refractivity contribution in [3.05, 3.63) is 60.2 Å². The fourth-order valence-corrected chi connectivity index (χ4v) is 5.83. The summed E-state index contributed by atoms with van der Waals surface area (Å²) < 4.78 is 32.2. The Labute approximate surface area is 238 Å². The Morgan fingerprint density at radius 2 is 1.88 bits per heavy atom. The molecule has 2 aliphatic rings. The third kappa shape index (κ3) is 8.25. The number of aliphatic imine (C=N–C) groups is 1. The molecule has 2 heterocycles. The summed E-state index contributed by atoms with van der Waals surface area (Å²) in [6, 6.07) is 11.8. The molecule has 4 rings (SSSR count). The fourth-order valence-electron chi connectivity index (χ4n) is 4.36. The predicted molar refractivity (Wildman–Crippen MR) is 151 cm³/mol. The molecule has 0 radical (unpaired) electrons. The van der Waals surface area contributed by atoms with Gasteiger partial charge in [-0.05, 0) is 42.7 Å². The van der Waals surface area contributed by atoms with Gasteiger partial charge in [-0.25, -0.2) is 13.2 Å². The lowest BCUT2D eigenvalue weighted by molar-refractivity contribution is -0.142. The van der Waals surface area contributed by atoms with Crippen LogP contribution in [0.5, 0.6) is 0 Å². The Balaban J connectivity index is 1.28. The first kappa shape index (κ1) is 30.0. The molecule has 0 aromatic heterocycles. The summed E-state index contributed by atoms with van der Waals surface area (Å²) >= 11 is 0. The van der Waals surface area contributed by atoms with Gasteiger partial charge in [-0.3, -0.25) is 14.6 Å². The molecule has 220 valence electrons. The van der Waals surface area contributed by atoms with Crippen molar-refractivity contribution in [2.75, 3.05) is 38.3 Å². The molecule has 2 aromatic carbocycles. The molecule has 2 aromatic rings. The number of sulfonamides is 1. The number of benzene rings is 2. The number of guanidine groups is 1. The second-order valence-electron chi connectivity index (χ2n) is 9.61. The van der Waals surface area contributed by atoms with Gasteiger partial charge in [0.15, 0.2) is 5.96 Å². The van der Waals surface area contributed by atoms with E-state index in [0.29, 0.717) is 30.6 Å². The number of hydrogen-bond donors (Lipinski definition) is 5. The molecule has 13 nitrogen and oxygen atoms in total. The number of carboxylic acids is 1. The zero-order valence-electron chi connectivity index (χ0n) is 22.4. The second kappa shape index (κ2) is 14.1. The summed E-state index contributed by atoms with van der Waals surface area (Å²) in [6.07, 6.45) is 1.91. The maximum atomic E-state index is 13.0. The van der Waals surface area contributed by atoms with Crippen LogP contribution in [0.1, 0.15) is 24.8 Å². The molecular formula is C27H34N6O7S. The van der Waals surface area contributed by atoms with Crippen LogP contribution in [0.15, 0.2) is 64.5 Å². The van der Waals surface area contributed by atoms with Crippen molar-refractivity contribution < 1.29 is 32.6 Å². The van der Waals surface area contributed by atoms with E-state index in [1.165, 1.54) is 12.1 Å². The molecule has 0 bridgehead atoms. The number of carbonyl (C=O) groups is 3.